The molecule has 0 spiro atoms. The molecule has 0 aliphatic rings. The summed E-state index contributed by atoms with van der Waals surface area (Å²) in [5.74, 6) is 0. The van der Waals surface area contributed by atoms with E-state index < -0.39 is 49.2 Å². The molecule has 0 aliphatic heterocycles. The minimum atomic E-state index is -4.76. The highest BCUT2D eigenvalue weighted by Gasteiger charge is 2.64. The molecule has 0 heterocycles. The maximum Gasteiger partial charge on any atom is 0.394 e. The van der Waals surface area contributed by atoms with Crippen LogP contribution in [0.25, 0.3) is 0 Å². The van der Waals surface area contributed by atoms with Gasteiger partial charge in [-0.3, -0.25) is 4.74 Å². The molecule has 19 heavy (non-hydrogen) atoms. The molecule has 1 nitrogen and oxygen atoms in total. The fourth-order valence-electron chi connectivity index (χ4n) is 1.67. The van der Waals surface area contributed by atoms with E-state index in [0.717, 1.165) is 27.7 Å². The Hall–Kier alpha value is -0.460. The van der Waals surface area contributed by atoms with Crippen LogP contribution in [-0.2, 0) is 4.74 Å². The van der Waals surface area contributed by atoms with Crippen molar-refractivity contribution < 1.29 is 31.1 Å². The molecule has 0 saturated heterocycles. The molecule has 0 aromatic heterocycles. The Morgan fingerprint density at radius 3 is 0.947 bits per heavy atom. The smallest absolute Gasteiger partial charge is 0.250 e. The molecule has 0 radical (unpaired) electrons. The molecule has 0 rings (SSSR count). The predicted octanol–water partition coefficient (Wildman–Crippen LogP) is 5.25. The molecule has 0 bridgehead atoms. The van der Waals surface area contributed by atoms with Gasteiger partial charge in [-0.15, -0.1) is 0 Å². The van der Waals surface area contributed by atoms with Gasteiger partial charge in [0, 0.05) is 0 Å². The second-order valence-corrected chi connectivity index (χ2v) is 4.48. The van der Waals surface area contributed by atoms with Gasteiger partial charge in [0.1, 0.15) is 0 Å². The SMILES string of the molecule is CCC(F)(CC)C(F)(F)OC(F)(F)C(F)(CC)CC. The van der Waals surface area contributed by atoms with E-state index >= 15 is 0 Å². The summed E-state index contributed by atoms with van der Waals surface area (Å²) >= 11 is 0. The van der Waals surface area contributed by atoms with Gasteiger partial charge in [0.15, 0.2) is 0 Å². The third kappa shape index (κ3) is 3.35. The third-order valence-electron chi connectivity index (χ3n) is 3.54. The van der Waals surface area contributed by atoms with Crippen LogP contribution >= 0.6 is 0 Å². The molecule has 0 fully saturated rings. The van der Waals surface area contributed by atoms with Gasteiger partial charge in [0.2, 0.25) is 11.3 Å². The fourth-order valence-corrected chi connectivity index (χ4v) is 1.67. The highest BCUT2D eigenvalue weighted by molar-refractivity contribution is 4.91. The summed E-state index contributed by atoms with van der Waals surface area (Å²) in [6.45, 7) is 4.34. The molecule has 7 heteroatoms. The van der Waals surface area contributed by atoms with Crippen LogP contribution in [0.4, 0.5) is 26.3 Å². The van der Waals surface area contributed by atoms with E-state index in [1.54, 1.807) is 0 Å². The first kappa shape index (κ1) is 18.5. The van der Waals surface area contributed by atoms with E-state index in [2.05, 4.69) is 4.74 Å². The van der Waals surface area contributed by atoms with Crippen molar-refractivity contribution in [3.05, 3.63) is 0 Å². The monoisotopic (exact) mass is 294 g/mol. The van der Waals surface area contributed by atoms with Gasteiger partial charge in [0.05, 0.1) is 0 Å². The largest absolute Gasteiger partial charge is 0.394 e. The molecule has 0 aliphatic carbocycles. The Bertz CT molecular complexity index is 256. The lowest BCUT2D eigenvalue weighted by Crippen LogP contribution is -2.55. The summed E-state index contributed by atoms with van der Waals surface area (Å²) in [4.78, 5) is 0. The summed E-state index contributed by atoms with van der Waals surface area (Å²) in [7, 11) is 0. The van der Waals surface area contributed by atoms with Crippen LogP contribution < -0.4 is 0 Å². The van der Waals surface area contributed by atoms with E-state index in [4.69, 9.17) is 0 Å². The van der Waals surface area contributed by atoms with Gasteiger partial charge >= 0.3 is 12.2 Å². The predicted molar refractivity (Wildman–Crippen MR) is 59.8 cm³/mol. The lowest BCUT2D eigenvalue weighted by Gasteiger charge is -2.38. The number of halogens is 6. The van der Waals surface area contributed by atoms with E-state index in [9.17, 15) is 26.3 Å². The van der Waals surface area contributed by atoms with E-state index in [1.807, 2.05) is 0 Å². The molecule has 0 aromatic rings. The van der Waals surface area contributed by atoms with Crippen molar-refractivity contribution >= 4 is 0 Å². The van der Waals surface area contributed by atoms with Gasteiger partial charge in [-0.2, -0.15) is 17.6 Å². The second kappa shape index (κ2) is 5.89. The number of ether oxygens (including phenoxy) is 1. The van der Waals surface area contributed by atoms with Crippen molar-refractivity contribution in [2.24, 2.45) is 0 Å². The Balaban J connectivity index is 5.31. The standard InChI is InChI=1S/C12H20F6O/c1-5-9(13,6-2)11(15,16)19-12(17,18)10(14,7-3)8-4/h5-8H2,1-4H3. The lowest BCUT2D eigenvalue weighted by atomic mass is 9.96. The van der Waals surface area contributed by atoms with E-state index in [-0.39, 0.29) is 0 Å². The average Bonchev–Trinajstić information content (AvgIpc) is 2.34. The molecule has 0 atom stereocenters. The van der Waals surface area contributed by atoms with Crippen LogP contribution in [0, 0.1) is 0 Å². The molecule has 116 valence electrons. The maximum absolute atomic E-state index is 13.8. The first-order chi connectivity index (χ1) is 8.45. The first-order valence-corrected chi connectivity index (χ1v) is 6.28. The minimum Gasteiger partial charge on any atom is -0.250 e. The van der Waals surface area contributed by atoms with Crippen LogP contribution in [0.5, 0.6) is 0 Å². The summed E-state index contributed by atoms with van der Waals surface area (Å²) in [6, 6.07) is 0. The van der Waals surface area contributed by atoms with Crippen LogP contribution in [0.1, 0.15) is 53.4 Å². The van der Waals surface area contributed by atoms with Crippen LogP contribution in [-0.4, -0.2) is 23.6 Å². The number of hydrogen-bond acceptors (Lipinski definition) is 1. The highest BCUT2D eigenvalue weighted by Crippen LogP contribution is 2.47. The van der Waals surface area contributed by atoms with E-state index in [0.29, 0.717) is 0 Å². The number of alkyl halides is 6. The summed E-state index contributed by atoms with van der Waals surface area (Å²) < 4.78 is 85.1. The van der Waals surface area contributed by atoms with Gasteiger partial charge < -0.3 is 0 Å². The van der Waals surface area contributed by atoms with Gasteiger partial charge in [-0.05, 0) is 25.7 Å². The number of rotatable bonds is 8. The van der Waals surface area contributed by atoms with Crippen molar-refractivity contribution in [1.82, 2.24) is 0 Å². The molecule has 0 saturated carbocycles. The van der Waals surface area contributed by atoms with Crippen molar-refractivity contribution in [1.29, 1.82) is 0 Å². The number of hydrogen-bond donors (Lipinski definition) is 0. The zero-order valence-electron chi connectivity index (χ0n) is 11.5. The first-order valence-electron chi connectivity index (χ1n) is 6.28. The lowest BCUT2D eigenvalue weighted by molar-refractivity contribution is -0.439. The van der Waals surface area contributed by atoms with Crippen molar-refractivity contribution in [3.63, 3.8) is 0 Å². The summed E-state index contributed by atoms with van der Waals surface area (Å²) in [6.07, 6.45) is -12.4. The van der Waals surface area contributed by atoms with Crippen molar-refractivity contribution in [3.8, 4) is 0 Å². The molecule has 0 N–H and O–H groups in total. The molecule has 0 aromatic carbocycles. The topological polar surface area (TPSA) is 9.23 Å². The zero-order chi connectivity index (χ0) is 15.5. The molecule has 0 unspecified atom stereocenters. The minimum absolute atomic E-state index is 0.718. The van der Waals surface area contributed by atoms with E-state index in [1.165, 1.54) is 0 Å². The molecular formula is C12H20F6O. The summed E-state index contributed by atoms with van der Waals surface area (Å²) in [5, 5.41) is 0. The van der Waals surface area contributed by atoms with Crippen LogP contribution in [0.3, 0.4) is 0 Å². The quantitative estimate of drug-likeness (QED) is 0.556. The van der Waals surface area contributed by atoms with Crippen molar-refractivity contribution in [2.45, 2.75) is 76.9 Å². The maximum atomic E-state index is 13.8. The highest BCUT2D eigenvalue weighted by atomic mass is 19.3. The zero-order valence-corrected chi connectivity index (χ0v) is 11.5. The Morgan fingerprint density at radius 2 is 0.789 bits per heavy atom. The Morgan fingerprint density at radius 1 is 0.579 bits per heavy atom. The molecular weight excluding hydrogens is 274 g/mol. The summed E-state index contributed by atoms with van der Waals surface area (Å²) in [5.41, 5.74) is -6.50. The van der Waals surface area contributed by atoms with Crippen LogP contribution in [0.15, 0.2) is 0 Å². The van der Waals surface area contributed by atoms with Crippen LogP contribution in [0.2, 0.25) is 0 Å². The molecule has 0 amide bonds. The van der Waals surface area contributed by atoms with Crippen molar-refractivity contribution in [2.75, 3.05) is 0 Å². The Kier molecular flexibility index (Phi) is 5.75. The normalized spacial score (nSPS) is 14.8. The second-order valence-electron chi connectivity index (χ2n) is 4.48. The van der Waals surface area contributed by atoms with Gasteiger partial charge in [-0.1, -0.05) is 27.7 Å². The van der Waals surface area contributed by atoms with Gasteiger partial charge in [-0.25, -0.2) is 8.78 Å². The fraction of sp³-hybridized carbons (Fsp3) is 1.00. The Labute approximate surface area is 109 Å². The average molecular weight is 294 g/mol. The third-order valence-corrected chi connectivity index (χ3v) is 3.54. The van der Waals surface area contributed by atoms with Gasteiger partial charge in [0.25, 0.3) is 0 Å².